The summed E-state index contributed by atoms with van der Waals surface area (Å²) in [5.41, 5.74) is 1.32. The molecule has 3 rings (SSSR count). The van der Waals surface area contributed by atoms with Crippen LogP contribution in [-0.2, 0) is 9.53 Å². The van der Waals surface area contributed by atoms with Gasteiger partial charge in [-0.2, -0.15) is 0 Å². The van der Waals surface area contributed by atoms with Gasteiger partial charge in [0, 0.05) is 29.1 Å². The van der Waals surface area contributed by atoms with E-state index in [0.717, 1.165) is 10.9 Å². The first-order chi connectivity index (χ1) is 12.5. The van der Waals surface area contributed by atoms with Crippen LogP contribution in [0.15, 0.2) is 42.6 Å². The Hall–Kier alpha value is -2.44. The average molecular weight is 390 g/mol. The number of para-hydroxylation sites is 1. The summed E-state index contributed by atoms with van der Waals surface area (Å²) in [6, 6.07) is 10.7. The van der Waals surface area contributed by atoms with E-state index in [1.807, 2.05) is 24.3 Å². The highest BCUT2D eigenvalue weighted by Crippen LogP contribution is 2.23. The summed E-state index contributed by atoms with van der Waals surface area (Å²) in [5.74, 6) is -1.04. The number of rotatable bonds is 7. The second-order valence-corrected chi connectivity index (χ2v) is 7.49. The summed E-state index contributed by atoms with van der Waals surface area (Å²) in [4.78, 5) is 40.0. The molecular formula is C19H16ClNO4S. The summed E-state index contributed by atoms with van der Waals surface area (Å²) in [7, 11) is 0. The van der Waals surface area contributed by atoms with Crippen LogP contribution in [0.25, 0.3) is 10.9 Å². The lowest BCUT2D eigenvalue weighted by molar-refractivity contribution is -0.146. The molecule has 0 amide bonds. The Morgan fingerprint density at radius 3 is 2.65 bits per heavy atom. The van der Waals surface area contributed by atoms with Crippen molar-refractivity contribution >= 4 is 51.4 Å². The standard InChI is InChI=1S/C19H16ClNO4S/c1-11(19(24)13-10-21-14-5-3-2-4-12(13)14)25-18(23)9-6-15(22)16-7-8-17(20)26-16/h2-5,7-8,10-11,21H,6,9H2,1H3/t11-/m0/s1. The maximum absolute atomic E-state index is 12.5. The highest BCUT2D eigenvalue weighted by molar-refractivity contribution is 7.18. The number of thiophene rings is 1. The molecule has 0 bridgehead atoms. The molecule has 0 saturated carbocycles. The average Bonchev–Trinajstić information content (AvgIpc) is 3.25. The van der Waals surface area contributed by atoms with Gasteiger partial charge in [-0.05, 0) is 25.1 Å². The third-order valence-electron chi connectivity index (χ3n) is 3.94. The molecule has 3 aromatic rings. The van der Waals surface area contributed by atoms with Gasteiger partial charge in [-0.15, -0.1) is 11.3 Å². The first kappa shape index (κ1) is 18.4. The molecule has 1 aromatic carbocycles. The van der Waals surface area contributed by atoms with Crippen molar-refractivity contribution in [3.63, 3.8) is 0 Å². The number of ketones is 2. The minimum absolute atomic E-state index is 0.0175. The highest BCUT2D eigenvalue weighted by atomic mass is 35.5. The molecule has 1 N–H and O–H groups in total. The second-order valence-electron chi connectivity index (χ2n) is 5.77. The van der Waals surface area contributed by atoms with Gasteiger partial charge in [-0.1, -0.05) is 29.8 Å². The van der Waals surface area contributed by atoms with Crippen molar-refractivity contribution in [1.82, 2.24) is 4.98 Å². The Kier molecular flexibility index (Phi) is 5.54. The SMILES string of the molecule is C[C@H](OC(=O)CCC(=O)c1ccc(Cl)s1)C(=O)c1c[nH]c2ccccc12. The van der Waals surface area contributed by atoms with Crippen LogP contribution >= 0.6 is 22.9 Å². The van der Waals surface area contributed by atoms with Gasteiger partial charge in [0.2, 0.25) is 5.78 Å². The molecule has 134 valence electrons. The van der Waals surface area contributed by atoms with Gasteiger partial charge in [0.1, 0.15) is 0 Å². The maximum atomic E-state index is 12.5. The molecular weight excluding hydrogens is 374 g/mol. The predicted octanol–water partition coefficient (Wildman–Crippen LogP) is 4.66. The molecule has 5 nitrogen and oxygen atoms in total. The number of fused-ring (bicyclic) bond motifs is 1. The van der Waals surface area contributed by atoms with Crippen LogP contribution in [0.2, 0.25) is 4.34 Å². The van der Waals surface area contributed by atoms with Crippen molar-refractivity contribution in [3.8, 4) is 0 Å². The number of hydrogen-bond donors (Lipinski definition) is 1. The maximum Gasteiger partial charge on any atom is 0.306 e. The van der Waals surface area contributed by atoms with Gasteiger partial charge in [-0.25, -0.2) is 0 Å². The number of esters is 1. The summed E-state index contributed by atoms with van der Waals surface area (Å²) < 4.78 is 5.72. The number of aromatic nitrogens is 1. The predicted molar refractivity (Wildman–Crippen MR) is 101 cm³/mol. The van der Waals surface area contributed by atoms with E-state index in [1.165, 1.54) is 18.3 Å². The van der Waals surface area contributed by atoms with E-state index in [1.54, 1.807) is 18.3 Å². The Morgan fingerprint density at radius 1 is 1.15 bits per heavy atom. The van der Waals surface area contributed by atoms with Gasteiger partial charge in [0.25, 0.3) is 0 Å². The Balaban J connectivity index is 1.57. The van der Waals surface area contributed by atoms with Crippen LogP contribution in [0.3, 0.4) is 0 Å². The minimum atomic E-state index is -0.923. The normalized spacial score (nSPS) is 12.1. The van der Waals surface area contributed by atoms with Gasteiger partial charge in [0.15, 0.2) is 11.9 Å². The van der Waals surface area contributed by atoms with Gasteiger partial charge in [-0.3, -0.25) is 14.4 Å². The second kappa shape index (κ2) is 7.85. The molecule has 0 spiro atoms. The van der Waals surface area contributed by atoms with Crippen LogP contribution in [0.4, 0.5) is 0 Å². The number of carbonyl (C=O) groups is 3. The van der Waals surface area contributed by atoms with E-state index in [4.69, 9.17) is 16.3 Å². The fraction of sp³-hybridized carbons (Fsp3) is 0.211. The van der Waals surface area contributed by atoms with E-state index in [9.17, 15) is 14.4 Å². The van der Waals surface area contributed by atoms with E-state index >= 15 is 0 Å². The smallest absolute Gasteiger partial charge is 0.306 e. The molecule has 0 aliphatic rings. The summed E-state index contributed by atoms with van der Waals surface area (Å²) in [6.07, 6.45) is 0.623. The molecule has 1 atom stereocenters. The van der Waals surface area contributed by atoms with E-state index in [0.29, 0.717) is 14.8 Å². The van der Waals surface area contributed by atoms with Crippen LogP contribution < -0.4 is 0 Å². The number of aromatic amines is 1. The zero-order chi connectivity index (χ0) is 18.7. The molecule has 7 heteroatoms. The van der Waals surface area contributed by atoms with Crippen molar-refractivity contribution < 1.29 is 19.1 Å². The number of Topliss-reactive ketones (excluding diaryl/α,β-unsaturated/α-hetero) is 2. The third-order valence-corrected chi connectivity index (χ3v) is 5.21. The molecule has 2 aromatic heterocycles. The first-order valence-electron chi connectivity index (χ1n) is 8.04. The number of nitrogens with one attached hydrogen (secondary N) is 1. The number of halogens is 1. The van der Waals surface area contributed by atoms with Crippen molar-refractivity contribution in [1.29, 1.82) is 0 Å². The lowest BCUT2D eigenvalue weighted by Crippen LogP contribution is -2.24. The van der Waals surface area contributed by atoms with Gasteiger partial charge in [0.05, 0.1) is 15.6 Å². The quantitative estimate of drug-likeness (QED) is 0.471. The fourth-order valence-electron chi connectivity index (χ4n) is 2.61. The Bertz CT molecular complexity index is 975. The lowest BCUT2D eigenvalue weighted by atomic mass is 10.1. The van der Waals surface area contributed by atoms with Crippen LogP contribution in [0.1, 0.15) is 39.8 Å². The third kappa shape index (κ3) is 4.03. The monoisotopic (exact) mass is 389 g/mol. The van der Waals surface area contributed by atoms with Crippen LogP contribution in [-0.4, -0.2) is 28.6 Å². The molecule has 0 aliphatic heterocycles. The number of hydrogen-bond acceptors (Lipinski definition) is 5. The number of ether oxygens (including phenoxy) is 1. The summed E-state index contributed by atoms with van der Waals surface area (Å²) in [5, 5.41) is 0.783. The van der Waals surface area contributed by atoms with Gasteiger partial charge < -0.3 is 9.72 Å². The Morgan fingerprint density at radius 2 is 1.92 bits per heavy atom. The Labute approximate surface area is 158 Å². The number of benzene rings is 1. The van der Waals surface area contributed by atoms with Crippen molar-refractivity contribution in [2.45, 2.75) is 25.9 Å². The van der Waals surface area contributed by atoms with E-state index in [-0.39, 0.29) is 24.4 Å². The van der Waals surface area contributed by atoms with Crippen molar-refractivity contribution in [2.24, 2.45) is 0 Å². The van der Waals surface area contributed by atoms with Crippen molar-refractivity contribution in [3.05, 3.63) is 57.4 Å². The summed E-state index contributed by atoms with van der Waals surface area (Å²) in [6.45, 7) is 1.53. The van der Waals surface area contributed by atoms with E-state index in [2.05, 4.69) is 4.98 Å². The topological polar surface area (TPSA) is 76.2 Å². The summed E-state index contributed by atoms with van der Waals surface area (Å²) >= 11 is 6.97. The highest BCUT2D eigenvalue weighted by Gasteiger charge is 2.22. The fourth-order valence-corrected chi connectivity index (χ4v) is 3.62. The molecule has 0 unspecified atom stereocenters. The molecule has 0 fully saturated rings. The zero-order valence-electron chi connectivity index (χ0n) is 14.0. The number of carbonyl (C=O) groups excluding carboxylic acids is 3. The minimum Gasteiger partial charge on any atom is -0.454 e. The van der Waals surface area contributed by atoms with Crippen molar-refractivity contribution in [2.75, 3.05) is 0 Å². The first-order valence-corrected chi connectivity index (χ1v) is 9.23. The van der Waals surface area contributed by atoms with Gasteiger partial charge >= 0.3 is 5.97 Å². The van der Waals surface area contributed by atoms with Crippen LogP contribution in [0, 0.1) is 0 Å². The number of H-pyrrole nitrogens is 1. The van der Waals surface area contributed by atoms with E-state index < -0.39 is 12.1 Å². The molecule has 0 aliphatic carbocycles. The molecule has 2 heterocycles. The molecule has 0 radical (unpaired) electrons. The largest absolute Gasteiger partial charge is 0.454 e. The zero-order valence-corrected chi connectivity index (χ0v) is 15.5. The lowest BCUT2D eigenvalue weighted by Gasteiger charge is -2.11. The molecule has 26 heavy (non-hydrogen) atoms. The molecule has 0 saturated heterocycles. The van der Waals surface area contributed by atoms with Crippen LogP contribution in [0.5, 0.6) is 0 Å².